The fourth-order valence-corrected chi connectivity index (χ4v) is 3.26. The van der Waals surface area contributed by atoms with E-state index < -0.39 is 0 Å². The SMILES string of the molecule is CC(c1ccc(Cl)cc1)N(C)CCCNC1CCCCC1. The molecular weight excluding hydrogens is 280 g/mol. The number of nitrogens with one attached hydrogen (secondary N) is 1. The maximum absolute atomic E-state index is 5.95. The van der Waals surface area contributed by atoms with Crippen molar-refractivity contribution in [3.63, 3.8) is 0 Å². The summed E-state index contributed by atoms with van der Waals surface area (Å²) in [5.41, 5.74) is 1.34. The van der Waals surface area contributed by atoms with Crippen LogP contribution < -0.4 is 5.32 Å². The fourth-order valence-electron chi connectivity index (χ4n) is 3.13. The lowest BCUT2D eigenvalue weighted by molar-refractivity contribution is 0.253. The molecule has 1 aromatic rings. The number of nitrogens with zero attached hydrogens (tertiary/aromatic N) is 1. The molecule has 0 radical (unpaired) electrons. The van der Waals surface area contributed by atoms with Gasteiger partial charge >= 0.3 is 0 Å². The van der Waals surface area contributed by atoms with Crippen molar-refractivity contribution in [1.29, 1.82) is 0 Å². The summed E-state index contributed by atoms with van der Waals surface area (Å²) in [7, 11) is 2.21. The highest BCUT2D eigenvalue weighted by Gasteiger charge is 2.13. The van der Waals surface area contributed by atoms with Gasteiger partial charge in [0.1, 0.15) is 0 Å². The normalized spacial score (nSPS) is 18.1. The Kier molecular flexibility index (Phi) is 7.01. The third kappa shape index (κ3) is 5.61. The second-order valence-corrected chi connectivity index (χ2v) is 6.79. The average molecular weight is 309 g/mol. The molecule has 1 unspecified atom stereocenters. The first-order chi connectivity index (χ1) is 10.2. The summed E-state index contributed by atoms with van der Waals surface area (Å²) in [6, 6.07) is 9.43. The molecule has 0 aromatic heterocycles. The number of rotatable bonds is 7. The van der Waals surface area contributed by atoms with Gasteiger partial charge in [0.15, 0.2) is 0 Å². The molecule has 1 N–H and O–H groups in total. The van der Waals surface area contributed by atoms with Gasteiger partial charge in [0, 0.05) is 17.1 Å². The Hall–Kier alpha value is -0.570. The predicted molar refractivity (Wildman–Crippen MR) is 92.0 cm³/mol. The molecule has 0 spiro atoms. The Morgan fingerprint density at radius 2 is 1.86 bits per heavy atom. The zero-order chi connectivity index (χ0) is 15.1. The molecule has 0 heterocycles. The largest absolute Gasteiger partial charge is 0.314 e. The zero-order valence-electron chi connectivity index (χ0n) is 13.4. The fraction of sp³-hybridized carbons (Fsp3) is 0.667. The highest BCUT2D eigenvalue weighted by molar-refractivity contribution is 6.30. The van der Waals surface area contributed by atoms with Gasteiger partial charge in [-0.05, 0) is 64.0 Å². The van der Waals surface area contributed by atoms with Crippen molar-refractivity contribution in [3.05, 3.63) is 34.9 Å². The number of halogens is 1. The third-order valence-electron chi connectivity index (χ3n) is 4.74. The number of hydrogen-bond donors (Lipinski definition) is 1. The first-order valence-electron chi connectivity index (χ1n) is 8.36. The molecule has 2 rings (SSSR count). The molecule has 1 saturated carbocycles. The van der Waals surface area contributed by atoms with Crippen LogP contribution in [0.25, 0.3) is 0 Å². The summed E-state index contributed by atoms with van der Waals surface area (Å²) >= 11 is 5.95. The molecule has 118 valence electrons. The molecule has 2 nitrogen and oxygen atoms in total. The standard InChI is InChI=1S/C18H29ClN2/c1-15(16-9-11-17(19)12-10-16)21(2)14-6-13-20-18-7-4-3-5-8-18/h9-12,15,18,20H,3-8,13-14H2,1-2H3. The zero-order valence-corrected chi connectivity index (χ0v) is 14.2. The van der Waals surface area contributed by atoms with Gasteiger partial charge < -0.3 is 5.32 Å². The van der Waals surface area contributed by atoms with Crippen molar-refractivity contribution >= 4 is 11.6 Å². The van der Waals surface area contributed by atoms with Crippen molar-refractivity contribution in [1.82, 2.24) is 10.2 Å². The van der Waals surface area contributed by atoms with Crippen molar-refractivity contribution in [2.24, 2.45) is 0 Å². The van der Waals surface area contributed by atoms with E-state index in [9.17, 15) is 0 Å². The minimum absolute atomic E-state index is 0.442. The molecule has 0 bridgehead atoms. The summed E-state index contributed by atoms with van der Waals surface area (Å²) in [5, 5.41) is 4.53. The summed E-state index contributed by atoms with van der Waals surface area (Å²) in [6.45, 7) is 4.53. The summed E-state index contributed by atoms with van der Waals surface area (Å²) in [5.74, 6) is 0. The molecular formula is C18H29ClN2. The molecule has 21 heavy (non-hydrogen) atoms. The Morgan fingerprint density at radius 3 is 2.52 bits per heavy atom. The molecule has 3 heteroatoms. The van der Waals surface area contributed by atoms with Gasteiger partial charge in [0.05, 0.1) is 0 Å². The van der Waals surface area contributed by atoms with E-state index >= 15 is 0 Å². The number of benzene rings is 1. The van der Waals surface area contributed by atoms with E-state index in [2.05, 4.69) is 36.3 Å². The average Bonchev–Trinajstić information content (AvgIpc) is 2.52. The summed E-state index contributed by atoms with van der Waals surface area (Å²) in [6.07, 6.45) is 8.20. The van der Waals surface area contributed by atoms with Crippen LogP contribution in [0.15, 0.2) is 24.3 Å². The lowest BCUT2D eigenvalue weighted by atomic mass is 9.95. The Labute approximate surface area is 134 Å². The van der Waals surface area contributed by atoms with Crippen LogP contribution in [-0.2, 0) is 0 Å². The quantitative estimate of drug-likeness (QED) is 0.738. The minimum atomic E-state index is 0.442. The van der Waals surface area contributed by atoms with E-state index in [4.69, 9.17) is 11.6 Å². The minimum Gasteiger partial charge on any atom is -0.314 e. The van der Waals surface area contributed by atoms with E-state index in [1.807, 2.05) is 12.1 Å². The molecule has 0 saturated heterocycles. The van der Waals surface area contributed by atoms with Crippen LogP contribution in [0.4, 0.5) is 0 Å². The molecule has 1 atom stereocenters. The first-order valence-corrected chi connectivity index (χ1v) is 8.73. The molecule has 1 fully saturated rings. The molecule has 0 aliphatic heterocycles. The smallest absolute Gasteiger partial charge is 0.0406 e. The van der Waals surface area contributed by atoms with Gasteiger partial charge in [-0.25, -0.2) is 0 Å². The maximum Gasteiger partial charge on any atom is 0.0406 e. The molecule has 1 aromatic carbocycles. The van der Waals surface area contributed by atoms with E-state index in [0.29, 0.717) is 6.04 Å². The van der Waals surface area contributed by atoms with Crippen LogP contribution in [-0.4, -0.2) is 31.1 Å². The van der Waals surface area contributed by atoms with Gasteiger partial charge in [-0.1, -0.05) is 43.0 Å². The first kappa shape index (κ1) is 16.8. The highest BCUT2D eigenvalue weighted by atomic mass is 35.5. The summed E-state index contributed by atoms with van der Waals surface area (Å²) in [4.78, 5) is 2.42. The van der Waals surface area contributed by atoms with Crippen LogP contribution in [0.2, 0.25) is 5.02 Å². The second kappa shape index (κ2) is 8.77. The Morgan fingerprint density at radius 1 is 1.19 bits per heavy atom. The third-order valence-corrected chi connectivity index (χ3v) is 4.99. The Bertz CT molecular complexity index is 398. The highest BCUT2D eigenvalue weighted by Crippen LogP contribution is 2.21. The van der Waals surface area contributed by atoms with E-state index in [-0.39, 0.29) is 0 Å². The predicted octanol–water partition coefficient (Wildman–Crippen LogP) is 4.65. The van der Waals surface area contributed by atoms with Gasteiger partial charge in [-0.2, -0.15) is 0 Å². The van der Waals surface area contributed by atoms with Crippen LogP contribution in [0.5, 0.6) is 0 Å². The van der Waals surface area contributed by atoms with Crippen LogP contribution in [0.3, 0.4) is 0 Å². The second-order valence-electron chi connectivity index (χ2n) is 6.35. The molecule has 1 aliphatic carbocycles. The molecule has 0 amide bonds. The lowest BCUT2D eigenvalue weighted by Crippen LogP contribution is -2.33. The van der Waals surface area contributed by atoms with Gasteiger partial charge in [-0.15, -0.1) is 0 Å². The van der Waals surface area contributed by atoms with Gasteiger partial charge in [0.25, 0.3) is 0 Å². The van der Waals surface area contributed by atoms with Crippen molar-refractivity contribution < 1.29 is 0 Å². The molecule has 1 aliphatic rings. The topological polar surface area (TPSA) is 15.3 Å². The van der Waals surface area contributed by atoms with Crippen molar-refractivity contribution in [2.45, 2.75) is 57.5 Å². The van der Waals surface area contributed by atoms with Crippen molar-refractivity contribution in [3.8, 4) is 0 Å². The summed E-state index contributed by atoms with van der Waals surface area (Å²) < 4.78 is 0. The van der Waals surface area contributed by atoms with Crippen molar-refractivity contribution in [2.75, 3.05) is 20.1 Å². The van der Waals surface area contributed by atoms with Crippen LogP contribution in [0.1, 0.15) is 57.1 Å². The van der Waals surface area contributed by atoms with Gasteiger partial charge in [-0.3, -0.25) is 4.90 Å². The Balaban J connectivity index is 1.66. The van der Waals surface area contributed by atoms with E-state index in [0.717, 1.165) is 24.2 Å². The van der Waals surface area contributed by atoms with Crippen LogP contribution in [0, 0.1) is 0 Å². The van der Waals surface area contributed by atoms with Crippen LogP contribution >= 0.6 is 11.6 Å². The van der Waals surface area contributed by atoms with E-state index in [1.165, 1.54) is 44.1 Å². The van der Waals surface area contributed by atoms with E-state index in [1.54, 1.807) is 0 Å². The number of hydrogen-bond acceptors (Lipinski definition) is 2. The monoisotopic (exact) mass is 308 g/mol. The van der Waals surface area contributed by atoms with Gasteiger partial charge in [0.2, 0.25) is 0 Å². The lowest BCUT2D eigenvalue weighted by Gasteiger charge is -2.26. The maximum atomic E-state index is 5.95.